The molecule has 0 aliphatic carbocycles. The van der Waals surface area contributed by atoms with Gasteiger partial charge in [0, 0.05) is 10.2 Å². The highest BCUT2D eigenvalue weighted by atomic mass is 79.9. The van der Waals surface area contributed by atoms with Crippen molar-refractivity contribution in [2.24, 2.45) is 0 Å². The van der Waals surface area contributed by atoms with Crippen LogP contribution in [0, 0.1) is 5.82 Å². The van der Waals surface area contributed by atoms with E-state index in [4.69, 9.17) is 10.5 Å². The monoisotopic (exact) mass is 352 g/mol. The summed E-state index contributed by atoms with van der Waals surface area (Å²) < 4.78 is 19.5. The van der Waals surface area contributed by atoms with Crippen LogP contribution in [-0.2, 0) is 4.79 Å². The Bertz CT molecular complexity index is 612. The Balaban J connectivity index is 1.84. The van der Waals surface area contributed by atoms with Gasteiger partial charge in [-0.25, -0.2) is 4.39 Å². The van der Waals surface area contributed by atoms with Crippen LogP contribution in [0.4, 0.5) is 15.8 Å². The summed E-state index contributed by atoms with van der Waals surface area (Å²) in [7, 11) is 0. The van der Waals surface area contributed by atoms with Gasteiger partial charge >= 0.3 is 0 Å². The minimum Gasteiger partial charge on any atom is -0.493 e. The van der Waals surface area contributed by atoms with Gasteiger partial charge in [-0.05, 0) is 52.3 Å². The number of benzene rings is 2. The molecule has 0 fully saturated rings. The van der Waals surface area contributed by atoms with Crippen molar-refractivity contribution in [1.29, 1.82) is 0 Å². The van der Waals surface area contributed by atoms with Crippen molar-refractivity contribution >= 4 is 33.2 Å². The first-order valence-electron chi connectivity index (χ1n) is 6.28. The topological polar surface area (TPSA) is 64.3 Å². The third-order valence-corrected chi connectivity index (χ3v) is 3.37. The molecule has 6 heteroatoms. The predicted molar refractivity (Wildman–Crippen MR) is 83.7 cm³/mol. The number of halogens is 2. The highest BCUT2D eigenvalue weighted by Crippen LogP contribution is 2.25. The quantitative estimate of drug-likeness (QED) is 0.808. The molecule has 110 valence electrons. The molecule has 0 radical (unpaired) electrons. The van der Waals surface area contributed by atoms with Gasteiger partial charge < -0.3 is 15.8 Å². The van der Waals surface area contributed by atoms with Crippen LogP contribution in [0.1, 0.15) is 6.42 Å². The zero-order valence-electron chi connectivity index (χ0n) is 11.1. The van der Waals surface area contributed by atoms with Crippen molar-refractivity contribution in [3.63, 3.8) is 0 Å². The molecule has 4 nitrogen and oxygen atoms in total. The van der Waals surface area contributed by atoms with Crippen LogP contribution >= 0.6 is 15.9 Å². The Hall–Kier alpha value is -2.08. The fourth-order valence-electron chi connectivity index (χ4n) is 1.64. The summed E-state index contributed by atoms with van der Waals surface area (Å²) in [5.74, 6) is -0.183. The van der Waals surface area contributed by atoms with Gasteiger partial charge in [0.05, 0.1) is 18.7 Å². The summed E-state index contributed by atoms with van der Waals surface area (Å²) in [5, 5.41) is 2.51. The van der Waals surface area contributed by atoms with Crippen molar-refractivity contribution in [3.8, 4) is 5.75 Å². The fraction of sp³-hybridized carbons (Fsp3) is 0.133. The maximum Gasteiger partial charge on any atom is 0.227 e. The van der Waals surface area contributed by atoms with Gasteiger partial charge in [-0.1, -0.05) is 6.07 Å². The number of hydrogen-bond donors (Lipinski definition) is 2. The van der Waals surface area contributed by atoms with Crippen molar-refractivity contribution in [2.45, 2.75) is 6.42 Å². The molecule has 0 saturated heterocycles. The van der Waals surface area contributed by atoms with E-state index in [9.17, 15) is 9.18 Å². The van der Waals surface area contributed by atoms with E-state index >= 15 is 0 Å². The van der Waals surface area contributed by atoms with Crippen molar-refractivity contribution in [2.75, 3.05) is 17.7 Å². The van der Waals surface area contributed by atoms with E-state index in [1.165, 1.54) is 6.07 Å². The van der Waals surface area contributed by atoms with E-state index in [1.807, 2.05) is 0 Å². The average Bonchev–Trinajstić information content (AvgIpc) is 2.45. The Morgan fingerprint density at radius 1 is 1.24 bits per heavy atom. The third kappa shape index (κ3) is 4.46. The van der Waals surface area contributed by atoms with Gasteiger partial charge in [0.15, 0.2) is 0 Å². The van der Waals surface area contributed by atoms with Crippen molar-refractivity contribution in [1.82, 2.24) is 0 Å². The SMILES string of the molecule is Nc1ccc(OCCC(=O)Nc2c(F)cccc2Br)cc1. The second-order valence-electron chi connectivity index (χ2n) is 4.31. The number of nitrogens with two attached hydrogens (primary N) is 1. The van der Waals surface area contributed by atoms with Crippen molar-refractivity contribution < 1.29 is 13.9 Å². The van der Waals surface area contributed by atoms with E-state index in [1.54, 1.807) is 36.4 Å². The standard InChI is InChI=1S/C15H14BrFN2O2/c16-12-2-1-3-13(17)15(12)19-14(20)8-9-21-11-6-4-10(18)5-7-11/h1-7H,8-9,18H2,(H,19,20). The van der Waals surface area contributed by atoms with Crippen LogP contribution in [0.25, 0.3) is 0 Å². The number of nitrogen functional groups attached to an aromatic ring is 1. The molecule has 0 aliphatic heterocycles. The van der Waals surface area contributed by atoms with Gasteiger partial charge in [-0.15, -0.1) is 0 Å². The van der Waals surface area contributed by atoms with Crippen molar-refractivity contribution in [3.05, 3.63) is 52.8 Å². The van der Waals surface area contributed by atoms with E-state index < -0.39 is 5.82 Å². The smallest absolute Gasteiger partial charge is 0.227 e. The molecule has 2 rings (SSSR count). The molecule has 0 atom stereocenters. The Morgan fingerprint density at radius 3 is 2.62 bits per heavy atom. The number of rotatable bonds is 5. The minimum atomic E-state index is -0.489. The Labute approximate surface area is 130 Å². The lowest BCUT2D eigenvalue weighted by molar-refractivity contribution is -0.116. The first kappa shape index (κ1) is 15.3. The van der Waals surface area contributed by atoms with E-state index in [-0.39, 0.29) is 24.6 Å². The number of amides is 1. The Morgan fingerprint density at radius 2 is 1.95 bits per heavy atom. The third-order valence-electron chi connectivity index (χ3n) is 2.71. The summed E-state index contributed by atoms with van der Waals surface area (Å²) in [4.78, 5) is 11.8. The van der Waals surface area contributed by atoms with Gasteiger partial charge in [0.1, 0.15) is 11.6 Å². The lowest BCUT2D eigenvalue weighted by Crippen LogP contribution is -2.16. The summed E-state index contributed by atoms with van der Waals surface area (Å²) >= 11 is 3.19. The molecule has 3 N–H and O–H groups in total. The molecule has 0 heterocycles. The number of para-hydroxylation sites is 1. The minimum absolute atomic E-state index is 0.116. The average molecular weight is 353 g/mol. The molecule has 0 unspecified atom stereocenters. The van der Waals surface area contributed by atoms with Crippen LogP contribution in [-0.4, -0.2) is 12.5 Å². The number of nitrogens with one attached hydrogen (secondary N) is 1. The van der Waals surface area contributed by atoms with Gasteiger partial charge in [-0.3, -0.25) is 4.79 Å². The fourth-order valence-corrected chi connectivity index (χ4v) is 2.09. The lowest BCUT2D eigenvalue weighted by Gasteiger charge is -2.09. The second kappa shape index (κ2) is 7.08. The molecule has 2 aromatic carbocycles. The lowest BCUT2D eigenvalue weighted by atomic mass is 10.3. The predicted octanol–water partition coefficient (Wildman–Crippen LogP) is 3.58. The summed E-state index contributed by atoms with van der Waals surface area (Å²) in [6.07, 6.45) is 0.116. The van der Waals surface area contributed by atoms with Gasteiger partial charge in [-0.2, -0.15) is 0 Å². The van der Waals surface area contributed by atoms with Crippen LogP contribution in [0.3, 0.4) is 0 Å². The van der Waals surface area contributed by atoms with Crippen LogP contribution < -0.4 is 15.8 Å². The number of anilines is 2. The zero-order chi connectivity index (χ0) is 15.2. The number of carbonyl (C=O) groups is 1. The van der Waals surface area contributed by atoms with Crippen LogP contribution in [0.2, 0.25) is 0 Å². The number of carbonyl (C=O) groups excluding carboxylic acids is 1. The molecular formula is C15H14BrFN2O2. The molecule has 0 aliphatic rings. The Kier molecular flexibility index (Phi) is 5.16. The second-order valence-corrected chi connectivity index (χ2v) is 5.17. The maximum atomic E-state index is 13.5. The molecule has 0 aromatic heterocycles. The number of hydrogen-bond acceptors (Lipinski definition) is 3. The van der Waals surface area contributed by atoms with E-state index in [0.29, 0.717) is 15.9 Å². The first-order valence-corrected chi connectivity index (χ1v) is 7.08. The molecular weight excluding hydrogens is 339 g/mol. The summed E-state index contributed by atoms with van der Waals surface area (Å²) in [6.45, 7) is 0.196. The molecule has 0 saturated carbocycles. The summed E-state index contributed by atoms with van der Waals surface area (Å²) in [6, 6.07) is 11.4. The van der Waals surface area contributed by atoms with Gasteiger partial charge in [0.25, 0.3) is 0 Å². The van der Waals surface area contributed by atoms with Crippen LogP contribution in [0.15, 0.2) is 46.9 Å². The maximum absolute atomic E-state index is 13.5. The molecule has 0 bridgehead atoms. The van der Waals surface area contributed by atoms with Crippen LogP contribution in [0.5, 0.6) is 5.75 Å². The molecule has 21 heavy (non-hydrogen) atoms. The normalized spacial score (nSPS) is 10.2. The largest absolute Gasteiger partial charge is 0.493 e. The summed E-state index contributed by atoms with van der Waals surface area (Å²) in [5.41, 5.74) is 6.34. The molecule has 2 aromatic rings. The first-order chi connectivity index (χ1) is 10.1. The highest BCUT2D eigenvalue weighted by Gasteiger charge is 2.10. The van der Waals surface area contributed by atoms with E-state index in [2.05, 4.69) is 21.2 Å². The van der Waals surface area contributed by atoms with Gasteiger partial charge in [0.2, 0.25) is 5.91 Å². The molecule has 1 amide bonds. The highest BCUT2D eigenvalue weighted by molar-refractivity contribution is 9.10. The number of ether oxygens (including phenoxy) is 1. The molecule has 0 spiro atoms. The zero-order valence-corrected chi connectivity index (χ0v) is 12.7. The van der Waals surface area contributed by atoms with E-state index in [0.717, 1.165) is 0 Å².